The van der Waals surface area contributed by atoms with Crippen molar-refractivity contribution in [3.63, 3.8) is 0 Å². The van der Waals surface area contributed by atoms with Crippen molar-refractivity contribution >= 4 is 41.3 Å². The smallest absolute Gasteiger partial charge is 0.194 e. The molecule has 1 aromatic carbocycles. The number of hydrogen-bond donors (Lipinski definition) is 2. The van der Waals surface area contributed by atoms with Gasteiger partial charge in [0, 0.05) is 20.1 Å². The molecule has 2 aromatic rings. The third kappa shape index (κ3) is 6.83. The molecule has 0 saturated carbocycles. The molecule has 0 aliphatic rings. The Morgan fingerprint density at radius 2 is 2.04 bits per heavy atom. The van der Waals surface area contributed by atoms with Crippen LogP contribution in [-0.4, -0.2) is 43.2 Å². The molecule has 0 fully saturated rings. The summed E-state index contributed by atoms with van der Waals surface area (Å²) in [6, 6.07) is 9.52. The molecule has 1 atom stereocenters. The van der Waals surface area contributed by atoms with Gasteiger partial charge in [0.15, 0.2) is 5.96 Å². The average Bonchev–Trinajstić information content (AvgIpc) is 3.11. The minimum Gasteiger partial charge on any atom is -0.497 e. The van der Waals surface area contributed by atoms with Crippen LogP contribution >= 0.6 is 35.3 Å². The first-order chi connectivity index (χ1) is 11.6. The van der Waals surface area contributed by atoms with Gasteiger partial charge in [0.1, 0.15) is 5.75 Å². The summed E-state index contributed by atoms with van der Waals surface area (Å²) in [6.45, 7) is 3.91. The minimum atomic E-state index is -0.640. The van der Waals surface area contributed by atoms with E-state index in [0.29, 0.717) is 6.54 Å². The minimum absolute atomic E-state index is 0. The van der Waals surface area contributed by atoms with E-state index in [1.807, 2.05) is 38.2 Å². The van der Waals surface area contributed by atoms with Gasteiger partial charge in [-0.15, -0.1) is 24.0 Å². The highest BCUT2D eigenvalue weighted by Gasteiger charge is 2.10. The molecule has 5 nitrogen and oxygen atoms in total. The number of thiophene rings is 1. The fourth-order valence-corrected chi connectivity index (χ4v) is 2.97. The topological polar surface area (TPSA) is 57.1 Å². The number of aliphatic hydroxyl groups excluding tert-OH is 1. The van der Waals surface area contributed by atoms with Crippen molar-refractivity contribution < 1.29 is 9.84 Å². The Kier molecular flexibility index (Phi) is 9.84. The Hall–Kier alpha value is -1.32. The summed E-state index contributed by atoms with van der Waals surface area (Å²) in [6.07, 6.45) is -0.640. The van der Waals surface area contributed by atoms with Crippen molar-refractivity contribution in [1.82, 2.24) is 10.2 Å². The van der Waals surface area contributed by atoms with Gasteiger partial charge in [0.05, 0.1) is 19.8 Å². The number of benzene rings is 1. The maximum absolute atomic E-state index is 10.3. The first-order valence-corrected chi connectivity index (χ1v) is 8.90. The number of methoxy groups -OCH3 is 1. The van der Waals surface area contributed by atoms with Crippen LogP contribution in [0.2, 0.25) is 0 Å². The largest absolute Gasteiger partial charge is 0.497 e. The monoisotopic (exact) mass is 475 g/mol. The molecule has 0 spiro atoms. The lowest BCUT2D eigenvalue weighted by atomic mass is 10.1. The lowest BCUT2D eigenvalue weighted by molar-refractivity contribution is 0.186. The molecule has 0 amide bonds. The summed E-state index contributed by atoms with van der Waals surface area (Å²) in [5.41, 5.74) is 2.08. The zero-order valence-electron chi connectivity index (χ0n) is 14.8. The van der Waals surface area contributed by atoms with Crippen LogP contribution < -0.4 is 10.1 Å². The van der Waals surface area contributed by atoms with Crippen LogP contribution in [0.3, 0.4) is 0 Å². The van der Waals surface area contributed by atoms with Crippen molar-refractivity contribution in [2.45, 2.75) is 19.6 Å². The second-order valence-electron chi connectivity index (χ2n) is 5.47. The molecular weight excluding hydrogens is 449 g/mol. The Balaban J connectivity index is 0.00000312. The van der Waals surface area contributed by atoms with Crippen LogP contribution in [0, 0.1) is 0 Å². The molecular formula is C18H26IN3O2S. The molecule has 0 saturated heterocycles. The SMILES string of the molecule is CCNC(=NCC(O)c1ccc(OC)cc1)N(C)Cc1ccsc1.I. The quantitative estimate of drug-likeness (QED) is 0.366. The Morgan fingerprint density at radius 3 is 2.60 bits per heavy atom. The summed E-state index contributed by atoms with van der Waals surface area (Å²) in [5, 5.41) is 17.8. The molecule has 1 unspecified atom stereocenters. The van der Waals surface area contributed by atoms with Crippen LogP contribution in [0.25, 0.3) is 0 Å². The third-order valence-electron chi connectivity index (χ3n) is 3.61. The Morgan fingerprint density at radius 1 is 1.32 bits per heavy atom. The molecule has 138 valence electrons. The third-order valence-corrected chi connectivity index (χ3v) is 4.34. The molecule has 0 aliphatic carbocycles. The predicted octanol–water partition coefficient (Wildman–Crippen LogP) is 3.51. The highest BCUT2D eigenvalue weighted by Crippen LogP contribution is 2.18. The number of ether oxygens (including phenoxy) is 1. The number of halogens is 1. The zero-order chi connectivity index (χ0) is 17.4. The first-order valence-electron chi connectivity index (χ1n) is 7.96. The number of rotatable bonds is 7. The van der Waals surface area contributed by atoms with Crippen molar-refractivity contribution in [2.24, 2.45) is 4.99 Å². The first kappa shape index (κ1) is 21.7. The number of aliphatic imine (C=N–C) groups is 1. The van der Waals surface area contributed by atoms with Gasteiger partial charge in [-0.25, -0.2) is 0 Å². The van der Waals surface area contributed by atoms with Gasteiger partial charge in [-0.1, -0.05) is 12.1 Å². The summed E-state index contributed by atoms with van der Waals surface area (Å²) < 4.78 is 5.14. The molecule has 2 rings (SSSR count). The van der Waals surface area contributed by atoms with E-state index >= 15 is 0 Å². The number of hydrogen-bond acceptors (Lipinski definition) is 4. The van der Waals surface area contributed by atoms with Crippen molar-refractivity contribution in [3.05, 3.63) is 52.2 Å². The van der Waals surface area contributed by atoms with E-state index < -0.39 is 6.10 Å². The van der Waals surface area contributed by atoms with E-state index in [-0.39, 0.29) is 24.0 Å². The summed E-state index contributed by atoms with van der Waals surface area (Å²) >= 11 is 1.69. The van der Waals surface area contributed by atoms with Crippen molar-refractivity contribution in [2.75, 3.05) is 27.2 Å². The standard InChI is InChI=1S/C18H25N3O2S.HI/c1-4-19-18(21(2)12-14-9-10-24-13-14)20-11-17(22)15-5-7-16(23-3)8-6-15;/h5-10,13,17,22H,4,11-12H2,1-3H3,(H,19,20);1H. The summed E-state index contributed by atoms with van der Waals surface area (Å²) in [4.78, 5) is 6.63. The van der Waals surface area contributed by atoms with Crippen LogP contribution in [0.1, 0.15) is 24.2 Å². The van der Waals surface area contributed by atoms with Crippen LogP contribution in [-0.2, 0) is 6.54 Å². The van der Waals surface area contributed by atoms with E-state index in [2.05, 4.69) is 32.0 Å². The fourth-order valence-electron chi connectivity index (χ4n) is 2.31. The zero-order valence-corrected chi connectivity index (χ0v) is 18.0. The number of nitrogens with zero attached hydrogens (tertiary/aromatic N) is 2. The van der Waals surface area contributed by atoms with Crippen LogP contribution in [0.4, 0.5) is 0 Å². The van der Waals surface area contributed by atoms with Gasteiger partial charge in [-0.05, 0) is 47.0 Å². The molecule has 25 heavy (non-hydrogen) atoms. The molecule has 0 bridgehead atoms. The van der Waals surface area contributed by atoms with Gasteiger partial charge >= 0.3 is 0 Å². The highest BCUT2D eigenvalue weighted by molar-refractivity contribution is 14.0. The maximum Gasteiger partial charge on any atom is 0.194 e. The normalized spacial score (nSPS) is 12.2. The van der Waals surface area contributed by atoms with Gasteiger partial charge in [-0.2, -0.15) is 11.3 Å². The van der Waals surface area contributed by atoms with Crippen LogP contribution in [0.15, 0.2) is 46.1 Å². The van der Waals surface area contributed by atoms with E-state index in [0.717, 1.165) is 30.4 Å². The Labute approximate surface area is 170 Å². The Bertz CT molecular complexity index is 632. The fraction of sp³-hybridized carbons (Fsp3) is 0.389. The predicted molar refractivity (Wildman–Crippen MR) is 115 cm³/mol. The summed E-state index contributed by atoms with van der Waals surface area (Å²) in [5.74, 6) is 1.56. The summed E-state index contributed by atoms with van der Waals surface area (Å²) in [7, 11) is 3.63. The second-order valence-corrected chi connectivity index (χ2v) is 6.25. The molecule has 1 aromatic heterocycles. The van der Waals surface area contributed by atoms with E-state index in [4.69, 9.17) is 4.74 Å². The van der Waals surface area contributed by atoms with Gasteiger partial charge < -0.3 is 20.1 Å². The van der Waals surface area contributed by atoms with E-state index in [9.17, 15) is 5.11 Å². The maximum atomic E-state index is 10.3. The van der Waals surface area contributed by atoms with Crippen molar-refractivity contribution in [1.29, 1.82) is 0 Å². The lowest BCUT2D eigenvalue weighted by Crippen LogP contribution is -2.38. The average molecular weight is 475 g/mol. The number of guanidine groups is 1. The molecule has 2 N–H and O–H groups in total. The van der Waals surface area contributed by atoms with Gasteiger partial charge in [0.2, 0.25) is 0 Å². The second kappa shape index (κ2) is 11.3. The van der Waals surface area contributed by atoms with Gasteiger partial charge in [0.25, 0.3) is 0 Å². The highest BCUT2D eigenvalue weighted by atomic mass is 127. The molecule has 0 radical (unpaired) electrons. The van der Waals surface area contributed by atoms with Crippen LogP contribution in [0.5, 0.6) is 5.75 Å². The van der Waals surface area contributed by atoms with Gasteiger partial charge in [-0.3, -0.25) is 4.99 Å². The number of aliphatic hydroxyl groups is 1. The van der Waals surface area contributed by atoms with E-state index in [1.54, 1.807) is 18.4 Å². The molecule has 0 aliphatic heterocycles. The molecule has 1 heterocycles. The van der Waals surface area contributed by atoms with E-state index in [1.165, 1.54) is 5.56 Å². The molecule has 7 heteroatoms. The van der Waals surface area contributed by atoms with Crippen molar-refractivity contribution in [3.8, 4) is 5.75 Å². The number of nitrogens with one attached hydrogen (secondary N) is 1. The lowest BCUT2D eigenvalue weighted by Gasteiger charge is -2.22.